The maximum absolute atomic E-state index is 13.9. The molecule has 10 heteroatoms. The van der Waals surface area contributed by atoms with Gasteiger partial charge in [-0.2, -0.15) is 0 Å². The number of halogens is 3. The fourth-order valence-electron chi connectivity index (χ4n) is 5.44. The van der Waals surface area contributed by atoms with Gasteiger partial charge in [-0.05, 0) is 54.3 Å². The van der Waals surface area contributed by atoms with Crippen LogP contribution in [-0.2, 0) is 11.3 Å². The zero-order valence-corrected chi connectivity index (χ0v) is 24.3. The topological polar surface area (TPSA) is 84.5 Å². The molecule has 0 bridgehead atoms. The summed E-state index contributed by atoms with van der Waals surface area (Å²) in [6.07, 6.45) is 0. The lowest BCUT2D eigenvalue weighted by molar-refractivity contribution is -0.135. The number of hydrogen-bond acceptors (Lipinski definition) is 4. The number of para-hydroxylation sites is 1. The Morgan fingerprint density at radius 3 is 2.37 bits per heavy atom. The van der Waals surface area contributed by atoms with Gasteiger partial charge >= 0.3 is 11.1 Å². The Morgan fingerprint density at radius 2 is 1.71 bits per heavy atom. The second-order valence-corrected chi connectivity index (χ2v) is 11.5. The van der Waals surface area contributed by atoms with Crippen molar-refractivity contribution >= 4 is 40.1 Å². The average Bonchev–Trinajstić information content (AvgIpc) is 2.89. The second kappa shape index (κ2) is 10.8. The number of aromatic hydroxyl groups is 1. The molecule has 1 fully saturated rings. The van der Waals surface area contributed by atoms with Gasteiger partial charge in [0.1, 0.15) is 5.75 Å². The molecule has 4 aromatic rings. The molecule has 1 aromatic heterocycles. The summed E-state index contributed by atoms with van der Waals surface area (Å²) in [5.41, 5.74) is 2.59. The number of phenols is 1. The van der Waals surface area contributed by atoms with Gasteiger partial charge in [0.05, 0.1) is 21.7 Å². The summed E-state index contributed by atoms with van der Waals surface area (Å²) in [5, 5.41) is 10.8. The van der Waals surface area contributed by atoms with Gasteiger partial charge in [0.25, 0.3) is 5.91 Å². The summed E-state index contributed by atoms with van der Waals surface area (Å²) >= 11 is 13.3. The zero-order chi connectivity index (χ0) is 29.7. The Hall–Kier alpha value is -3.88. The molecule has 212 valence electrons. The largest absolute Gasteiger partial charge is 0.508 e. The number of rotatable bonds is 6. The van der Waals surface area contributed by atoms with Crippen molar-refractivity contribution < 1.29 is 14.3 Å². The molecule has 0 saturated carbocycles. The normalized spacial score (nSPS) is 13.6. The van der Waals surface area contributed by atoms with Crippen molar-refractivity contribution in [3.63, 3.8) is 0 Å². The fraction of sp³-hybridized carbons (Fsp3) is 0.258. The number of phenolic OH excluding ortho intramolecular Hbond substituents is 1. The average molecular weight is 596 g/mol. The van der Waals surface area contributed by atoms with Crippen LogP contribution in [0.3, 0.4) is 0 Å². The van der Waals surface area contributed by atoms with Crippen molar-refractivity contribution in [1.29, 1.82) is 0 Å². The molecular formula is C31H28Cl2FN3O4. The molecule has 1 aliphatic heterocycles. The number of benzene rings is 3. The highest BCUT2D eigenvalue weighted by molar-refractivity contribution is 6.37. The van der Waals surface area contributed by atoms with Crippen molar-refractivity contribution in [3.05, 3.63) is 103 Å². The SMILES string of the molecule is C=C(F)C(=O)N1CC(Cn2c(=O)c(=O)n(-c3c(C)cccc3C(C)C)c3cc(-c4cc(O)ccc4Cl)c(Cl)cc32)C1. The van der Waals surface area contributed by atoms with Gasteiger partial charge in [-0.3, -0.25) is 19.0 Å². The number of aryl methyl sites for hydroxylation is 1. The van der Waals surface area contributed by atoms with E-state index in [1.54, 1.807) is 18.2 Å². The van der Waals surface area contributed by atoms with E-state index in [4.69, 9.17) is 23.2 Å². The number of carbonyl (C=O) groups is 1. The van der Waals surface area contributed by atoms with Crippen LogP contribution in [0.5, 0.6) is 5.75 Å². The molecule has 7 nitrogen and oxygen atoms in total. The number of nitrogens with zero attached hydrogens (tertiary/aromatic N) is 3. The number of aromatic nitrogens is 2. The Balaban J connectivity index is 1.79. The van der Waals surface area contributed by atoms with Crippen molar-refractivity contribution in [2.75, 3.05) is 13.1 Å². The maximum atomic E-state index is 13.9. The van der Waals surface area contributed by atoms with E-state index < -0.39 is 22.9 Å². The molecule has 1 aliphatic rings. The minimum absolute atomic E-state index is 0.0102. The zero-order valence-electron chi connectivity index (χ0n) is 22.7. The van der Waals surface area contributed by atoms with Gasteiger partial charge in [0.2, 0.25) is 0 Å². The standard InChI is InChI=1S/C31H28Cl2FN3O4/c1-16(2)21-7-5-6-17(3)28(21)37-27-11-23(22-10-20(38)8-9-24(22)32)25(33)12-26(27)36(30(40)31(37)41)15-19-13-35(14-19)29(39)18(4)34/h5-12,16,19,38H,4,13-15H2,1-3H3. The van der Waals surface area contributed by atoms with Gasteiger partial charge in [0, 0.05) is 41.7 Å². The molecule has 3 aromatic carbocycles. The number of hydrogen-bond donors (Lipinski definition) is 1. The Morgan fingerprint density at radius 1 is 1.02 bits per heavy atom. The smallest absolute Gasteiger partial charge is 0.321 e. The lowest BCUT2D eigenvalue weighted by Crippen LogP contribution is -2.53. The number of amides is 1. The minimum atomic E-state index is -1.04. The Labute approximate surface area is 245 Å². The van der Waals surface area contributed by atoms with E-state index >= 15 is 0 Å². The summed E-state index contributed by atoms with van der Waals surface area (Å²) in [7, 11) is 0. The molecule has 2 heterocycles. The molecule has 1 amide bonds. The minimum Gasteiger partial charge on any atom is -0.508 e. The number of likely N-dealkylation sites (tertiary alicyclic amines) is 1. The van der Waals surface area contributed by atoms with Gasteiger partial charge in [-0.25, -0.2) is 4.39 Å². The quantitative estimate of drug-likeness (QED) is 0.212. The molecule has 0 spiro atoms. The lowest BCUT2D eigenvalue weighted by atomic mass is 9.97. The Kier molecular flexibility index (Phi) is 7.57. The number of fused-ring (bicyclic) bond motifs is 1. The van der Waals surface area contributed by atoms with E-state index in [0.29, 0.717) is 32.9 Å². The van der Waals surface area contributed by atoms with Gasteiger partial charge in [-0.15, -0.1) is 0 Å². The first-order chi connectivity index (χ1) is 19.4. The fourth-order valence-corrected chi connectivity index (χ4v) is 5.92. The highest BCUT2D eigenvalue weighted by Crippen LogP contribution is 2.38. The van der Waals surface area contributed by atoms with Crippen LogP contribution in [0, 0.1) is 12.8 Å². The van der Waals surface area contributed by atoms with Crippen LogP contribution in [0.15, 0.2) is 70.5 Å². The van der Waals surface area contributed by atoms with E-state index in [1.165, 1.54) is 26.2 Å². The summed E-state index contributed by atoms with van der Waals surface area (Å²) in [4.78, 5) is 40.9. The summed E-state index contributed by atoms with van der Waals surface area (Å²) in [5.74, 6) is -1.98. The number of carbonyl (C=O) groups excluding carboxylic acids is 1. The van der Waals surface area contributed by atoms with Crippen molar-refractivity contribution in [3.8, 4) is 22.6 Å². The van der Waals surface area contributed by atoms with Crippen molar-refractivity contribution in [2.24, 2.45) is 5.92 Å². The van der Waals surface area contributed by atoms with Gasteiger partial charge in [-0.1, -0.05) is 61.8 Å². The third-order valence-electron chi connectivity index (χ3n) is 7.50. The molecule has 41 heavy (non-hydrogen) atoms. The predicted octanol–water partition coefficient (Wildman–Crippen LogP) is 6.21. The first kappa shape index (κ1) is 28.6. The highest BCUT2D eigenvalue weighted by atomic mass is 35.5. The van der Waals surface area contributed by atoms with E-state index in [0.717, 1.165) is 11.1 Å². The van der Waals surface area contributed by atoms with Crippen LogP contribution >= 0.6 is 23.2 Å². The molecule has 5 rings (SSSR count). The van der Waals surface area contributed by atoms with Crippen LogP contribution < -0.4 is 11.1 Å². The first-order valence-electron chi connectivity index (χ1n) is 13.1. The van der Waals surface area contributed by atoms with Crippen molar-refractivity contribution in [2.45, 2.75) is 33.2 Å². The maximum Gasteiger partial charge on any atom is 0.321 e. The third-order valence-corrected chi connectivity index (χ3v) is 8.14. The monoisotopic (exact) mass is 595 g/mol. The Bertz CT molecular complexity index is 1860. The third kappa shape index (κ3) is 5.06. The van der Waals surface area contributed by atoms with E-state index in [-0.39, 0.29) is 42.2 Å². The van der Waals surface area contributed by atoms with Crippen LogP contribution in [-0.4, -0.2) is 38.1 Å². The summed E-state index contributed by atoms with van der Waals surface area (Å²) in [6.45, 7) is 9.53. The summed E-state index contributed by atoms with van der Waals surface area (Å²) in [6, 6.07) is 13.5. The van der Waals surface area contributed by atoms with E-state index in [1.807, 2.05) is 39.0 Å². The van der Waals surface area contributed by atoms with Gasteiger partial charge in [0.15, 0.2) is 5.83 Å². The highest BCUT2D eigenvalue weighted by Gasteiger charge is 2.33. The molecule has 1 N–H and O–H groups in total. The van der Waals surface area contributed by atoms with E-state index in [9.17, 15) is 23.9 Å². The second-order valence-electron chi connectivity index (χ2n) is 10.7. The van der Waals surface area contributed by atoms with Crippen LogP contribution in [0.2, 0.25) is 10.0 Å². The van der Waals surface area contributed by atoms with Gasteiger partial charge < -0.3 is 14.6 Å². The van der Waals surface area contributed by atoms with Crippen molar-refractivity contribution in [1.82, 2.24) is 14.0 Å². The van der Waals surface area contributed by atoms with Crippen LogP contribution in [0.1, 0.15) is 30.9 Å². The molecule has 0 aliphatic carbocycles. The molecule has 0 unspecified atom stereocenters. The predicted molar refractivity (Wildman–Crippen MR) is 160 cm³/mol. The van der Waals surface area contributed by atoms with Crippen LogP contribution in [0.25, 0.3) is 27.8 Å². The van der Waals surface area contributed by atoms with E-state index in [2.05, 4.69) is 6.58 Å². The van der Waals surface area contributed by atoms with Crippen LogP contribution in [0.4, 0.5) is 4.39 Å². The molecule has 0 radical (unpaired) electrons. The molecular weight excluding hydrogens is 568 g/mol. The molecule has 1 saturated heterocycles. The first-order valence-corrected chi connectivity index (χ1v) is 13.9. The molecule has 0 atom stereocenters. The summed E-state index contributed by atoms with van der Waals surface area (Å²) < 4.78 is 16.1. The lowest BCUT2D eigenvalue weighted by Gasteiger charge is -2.39.